The molecule has 0 atom stereocenters. The van der Waals surface area contributed by atoms with Crippen molar-refractivity contribution in [1.82, 2.24) is 4.90 Å². The van der Waals surface area contributed by atoms with Gasteiger partial charge in [0, 0.05) is 42.3 Å². The molecule has 2 heterocycles. The fourth-order valence-corrected chi connectivity index (χ4v) is 3.96. The predicted octanol–water partition coefficient (Wildman–Crippen LogP) is 4.45. The van der Waals surface area contributed by atoms with Crippen LogP contribution in [-0.2, 0) is 6.42 Å². The van der Waals surface area contributed by atoms with Gasteiger partial charge in [0.15, 0.2) is 0 Å². The summed E-state index contributed by atoms with van der Waals surface area (Å²) < 4.78 is 5.53. The maximum Gasteiger partial charge on any atom is 0.349 e. The molecule has 0 N–H and O–H groups in total. The first-order valence-electron chi connectivity index (χ1n) is 9.95. The van der Waals surface area contributed by atoms with E-state index in [4.69, 9.17) is 16.0 Å². The van der Waals surface area contributed by atoms with Crippen LogP contribution < -0.4 is 10.5 Å². The first-order valence-corrected chi connectivity index (χ1v) is 10.3. The molecule has 1 aliphatic heterocycles. The van der Waals surface area contributed by atoms with Gasteiger partial charge in [0.25, 0.3) is 5.91 Å². The van der Waals surface area contributed by atoms with E-state index in [0.29, 0.717) is 38.2 Å². The van der Waals surface area contributed by atoms with E-state index in [9.17, 15) is 9.59 Å². The van der Waals surface area contributed by atoms with Gasteiger partial charge in [0.2, 0.25) is 0 Å². The van der Waals surface area contributed by atoms with Crippen molar-refractivity contribution in [2.75, 3.05) is 31.1 Å². The van der Waals surface area contributed by atoms with Gasteiger partial charge in [-0.25, -0.2) is 4.79 Å². The molecule has 1 fully saturated rings. The van der Waals surface area contributed by atoms with Gasteiger partial charge in [-0.2, -0.15) is 0 Å². The highest BCUT2D eigenvalue weighted by Crippen LogP contribution is 2.25. The van der Waals surface area contributed by atoms with Crippen LogP contribution in [0.2, 0.25) is 5.02 Å². The van der Waals surface area contributed by atoms with Crippen molar-refractivity contribution in [1.29, 1.82) is 0 Å². The first-order chi connectivity index (χ1) is 14.5. The van der Waals surface area contributed by atoms with E-state index in [1.165, 1.54) is 0 Å². The van der Waals surface area contributed by atoms with Gasteiger partial charge < -0.3 is 14.2 Å². The summed E-state index contributed by atoms with van der Waals surface area (Å²) in [5, 5.41) is 1.47. The van der Waals surface area contributed by atoms with E-state index >= 15 is 0 Å². The number of nitrogens with zero attached hydrogens (tertiary/aromatic N) is 2. The highest BCUT2D eigenvalue weighted by Gasteiger charge is 2.25. The van der Waals surface area contributed by atoms with E-state index < -0.39 is 5.63 Å². The van der Waals surface area contributed by atoms with E-state index in [-0.39, 0.29) is 11.5 Å². The average Bonchev–Trinajstić information content (AvgIpc) is 2.75. The molecule has 30 heavy (non-hydrogen) atoms. The summed E-state index contributed by atoms with van der Waals surface area (Å²) in [6, 6.07) is 13.3. The third kappa shape index (κ3) is 3.85. The summed E-state index contributed by atoms with van der Waals surface area (Å²) in [5.41, 5.74) is 2.94. The highest BCUT2D eigenvalue weighted by atomic mass is 35.5. The van der Waals surface area contributed by atoms with Crippen LogP contribution in [0.4, 0.5) is 5.69 Å². The number of fused-ring (bicyclic) bond motifs is 1. The van der Waals surface area contributed by atoms with Crippen LogP contribution in [0.3, 0.4) is 0 Å². The number of rotatable bonds is 4. The molecule has 0 unspecified atom stereocenters. The lowest BCUT2D eigenvalue weighted by molar-refractivity contribution is 0.0742. The zero-order valence-corrected chi connectivity index (χ0v) is 17.6. The minimum absolute atomic E-state index is 0.0742. The summed E-state index contributed by atoms with van der Waals surface area (Å²) in [6.07, 6.45) is 2.35. The number of halogens is 1. The molecular formula is C24H23ClN2O3. The van der Waals surface area contributed by atoms with Crippen LogP contribution in [-0.4, -0.2) is 37.0 Å². The second kappa shape index (κ2) is 8.36. The number of carbonyl (C=O) groups is 1. The number of allylic oxidation sites excluding steroid dienone is 1. The maximum absolute atomic E-state index is 13.0. The minimum atomic E-state index is -0.600. The largest absolute Gasteiger partial charge is 0.422 e. The molecule has 1 amide bonds. The van der Waals surface area contributed by atoms with Crippen LogP contribution in [0.1, 0.15) is 21.5 Å². The Bertz CT molecular complexity index is 1180. The van der Waals surface area contributed by atoms with E-state index in [1.54, 1.807) is 17.0 Å². The number of aryl methyl sites for hydroxylation is 1. The number of carbonyl (C=O) groups excluding carboxylic acids is 1. The third-order valence-corrected chi connectivity index (χ3v) is 5.93. The van der Waals surface area contributed by atoms with E-state index in [1.807, 2.05) is 43.3 Å². The first kappa shape index (κ1) is 20.2. The Balaban J connectivity index is 1.53. The quantitative estimate of drug-likeness (QED) is 0.460. The molecule has 1 aliphatic rings. The van der Waals surface area contributed by atoms with Crippen LogP contribution in [0, 0.1) is 6.92 Å². The second-order valence-corrected chi connectivity index (χ2v) is 7.90. The number of piperazine rings is 1. The van der Waals surface area contributed by atoms with Crippen LogP contribution in [0.25, 0.3) is 11.0 Å². The normalized spacial score (nSPS) is 14.2. The molecule has 5 nitrogen and oxygen atoms in total. The van der Waals surface area contributed by atoms with Crippen molar-refractivity contribution in [3.05, 3.63) is 87.3 Å². The van der Waals surface area contributed by atoms with Crippen LogP contribution in [0.15, 0.2) is 64.3 Å². The number of hydrogen-bond donors (Lipinski definition) is 0. The topological polar surface area (TPSA) is 53.8 Å². The lowest BCUT2D eigenvalue weighted by Crippen LogP contribution is -2.49. The van der Waals surface area contributed by atoms with E-state index in [2.05, 4.69) is 11.5 Å². The number of para-hydroxylation sites is 1. The van der Waals surface area contributed by atoms with Gasteiger partial charge in [-0.15, -0.1) is 6.58 Å². The van der Waals surface area contributed by atoms with Gasteiger partial charge in [-0.05, 0) is 42.7 Å². The molecule has 1 aromatic heterocycles. The summed E-state index contributed by atoms with van der Waals surface area (Å²) in [6.45, 7) is 8.11. The molecule has 0 bridgehead atoms. The molecule has 3 aromatic rings. The highest BCUT2D eigenvalue weighted by molar-refractivity contribution is 6.31. The number of benzene rings is 2. The monoisotopic (exact) mass is 422 g/mol. The average molecular weight is 423 g/mol. The van der Waals surface area contributed by atoms with Gasteiger partial charge >= 0.3 is 5.63 Å². The Morgan fingerprint density at radius 3 is 2.63 bits per heavy atom. The van der Waals surface area contributed by atoms with Gasteiger partial charge in [0.1, 0.15) is 11.1 Å². The maximum atomic E-state index is 13.0. The van der Waals surface area contributed by atoms with Gasteiger partial charge in [-0.3, -0.25) is 4.79 Å². The molecule has 2 aromatic carbocycles. The molecule has 0 aliphatic carbocycles. The van der Waals surface area contributed by atoms with Crippen molar-refractivity contribution in [3.63, 3.8) is 0 Å². The van der Waals surface area contributed by atoms with Crippen LogP contribution in [0.5, 0.6) is 0 Å². The Hall–Kier alpha value is -3.05. The summed E-state index contributed by atoms with van der Waals surface area (Å²) in [4.78, 5) is 29.5. The second-order valence-electron chi connectivity index (χ2n) is 7.49. The molecule has 0 radical (unpaired) electrons. The predicted molar refractivity (Wildman–Crippen MR) is 121 cm³/mol. The van der Waals surface area contributed by atoms with Crippen molar-refractivity contribution in [3.8, 4) is 0 Å². The number of amides is 1. The fraction of sp³-hybridized carbons (Fsp3) is 0.250. The van der Waals surface area contributed by atoms with Crippen molar-refractivity contribution >= 4 is 34.2 Å². The van der Waals surface area contributed by atoms with Gasteiger partial charge in [-0.1, -0.05) is 41.9 Å². The summed E-state index contributed by atoms with van der Waals surface area (Å²) in [5.74, 6) is -0.290. The molecule has 4 rings (SSSR count). The molecule has 0 spiro atoms. The van der Waals surface area contributed by atoms with Gasteiger partial charge in [0.05, 0.1) is 0 Å². The molecule has 0 saturated carbocycles. The Kier molecular flexibility index (Phi) is 5.64. The Morgan fingerprint density at radius 1 is 1.17 bits per heavy atom. The fourth-order valence-electron chi connectivity index (χ4n) is 3.79. The Morgan fingerprint density at radius 2 is 1.93 bits per heavy atom. The smallest absolute Gasteiger partial charge is 0.349 e. The zero-order valence-electron chi connectivity index (χ0n) is 16.9. The summed E-state index contributed by atoms with van der Waals surface area (Å²) in [7, 11) is 0. The molecular weight excluding hydrogens is 400 g/mol. The Labute approximate surface area is 180 Å². The van der Waals surface area contributed by atoms with Crippen molar-refractivity contribution < 1.29 is 9.21 Å². The number of anilines is 1. The van der Waals surface area contributed by atoms with Crippen molar-refractivity contribution in [2.45, 2.75) is 13.3 Å². The lowest BCUT2D eigenvalue weighted by atomic mass is 10.1. The van der Waals surface area contributed by atoms with Crippen molar-refractivity contribution in [2.24, 2.45) is 0 Å². The SMILES string of the molecule is C=CCc1cccc2cc(C(=O)N3CCN(c4ccc(C)c(Cl)c4)CC3)c(=O)oc12. The summed E-state index contributed by atoms with van der Waals surface area (Å²) >= 11 is 6.25. The zero-order chi connectivity index (χ0) is 21.3. The third-order valence-electron chi connectivity index (χ3n) is 5.52. The molecule has 154 valence electrons. The van der Waals surface area contributed by atoms with Crippen LogP contribution >= 0.6 is 11.6 Å². The lowest BCUT2D eigenvalue weighted by Gasteiger charge is -2.36. The number of hydrogen-bond acceptors (Lipinski definition) is 4. The minimum Gasteiger partial charge on any atom is -0.422 e. The standard InChI is InChI=1S/C24H23ClN2O3/c1-3-5-17-6-4-7-18-14-20(24(29)30-22(17)18)23(28)27-12-10-26(11-13-27)19-9-8-16(2)21(25)15-19/h3-4,6-9,14-15H,1,5,10-13H2,2H3. The molecule has 6 heteroatoms. The molecule has 1 saturated heterocycles. The van der Waals surface area contributed by atoms with E-state index in [0.717, 1.165) is 27.2 Å².